The lowest BCUT2D eigenvalue weighted by Crippen LogP contribution is -2.50. The van der Waals surface area contributed by atoms with E-state index >= 15 is 0 Å². The molecule has 0 bridgehead atoms. The minimum absolute atomic E-state index is 0.173. The Bertz CT molecular complexity index is 1230. The molecule has 1 atom stereocenters. The minimum atomic E-state index is -0.493. The third kappa shape index (κ3) is 3.01. The molecule has 144 valence electrons. The van der Waals surface area contributed by atoms with E-state index in [0.717, 1.165) is 33.1 Å². The van der Waals surface area contributed by atoms with Gasteiger partial charge in [0.2, 0.25) is 0 Å². The van der Waals surface area contributed by atoms with Gasteiger partial charge in [0, 0.05) is 10.8 Å². The molecule has 0 radical (unpaired) electrons. The van der Waals surface area contributed by atoms with Crippen molar-refractivity contribution < 1.29 is 4.79 Å². The van der Waals surface area contributed by atoms with Gasteiger partial charge in [-0.05, 0) is 17.4 Å². The molecule has 0 saturated carbocycles. The fraction of sp³-hybridized carbons (Fsp3) is 0.143. The van der Waals surface area contributed by atoms with Gasteiger partial charge in [-0.1, -0.05) is 67.2 Å². The maximum Gasteiger partial charge on any atom is 0.276 e. The van der Waals surface area contributed by atoms with Crippen LogP contribution in [0.4, 0.5) is 0 Å². The van der Waals surface area contributed by atoms with Crippen molar-refractivity contribution in [3.8, 4) is 11.3 Å². The fourth-order valence-corrected chi connectivity index (χ4v) is 4.14. The minimum Gasteiger partial charge on any atom is -0.298 e. The molecule has 8 heteroatoms. The van der Waals surface area contributed by atoms with Crippen LogP contribution < -0.4 is 15.9 Å². The number of benzene rings is 2. The number of hydrazone groups is 1. The van der Waals surface area contributed by atoms with E-state index in [1.165, 1.54) is 11.8 Å². The van der Waals surface area contributed by atoms with Crippen LogP contribution in [0.5, 0.6) is 0 Å². The molecule has 29 heavy (non-hydrogen) atoms. The Morgan fingerprint density at radius 2 is 1.90 bits per heavy atom. The summed E-state index contributed by atoms with van der Waals surface area (Å²) in [6, 6.07) is 17.6. The molecule has 3 aromatic rings. The largest absolute Gasteiger partial charge is 0.298 e. The number of aromatic nitrogens is 2. The van der Waals surface area contributed by atoms with E-state index in [-0.39, 0.29) is 5.91 Å². The molecule has 7 nitrogen and oxygen atoms in total. The van der Waals surface area contributed by atoms with Gasteiger partial charge in [-0.2, -0.15) is 5.10 Å². The maximum atomic E-state index is 13.0. The number of aromatic amines is 1. The second-order valence-electron chi connectivity index (χ2n) is 6.57. The molecule has 3 heterocycles. The number of hydrogen-bond donors (Lipinski definition) is 2. The number of carbonyl (C=O) groups excluding carboxylic acids is 1. The lowest BCUT2D eigenvalue weighted by molar-refractivity contribution is -0.116. The molecule has 2 N–H and O–H groups in total. The molecular formula is C21H18N6OS. The van der Waals surface area contributed by atoms with Gasteiger partial charge in [0.05, 0.1) is 17.2 Å². The zero-order valence-corrected chi connectivity index (χ0v) is 16.5. The summed E-state index contributed by atoms with van der Waals surface area (Å²) in [4.78, 5) is 17.9. The van der Waals surface area contributed by atoms with Crippen molar-refractivity contribution in [3.05, 3.63) is 76.9 Å². The van der Waals surface area contributed by atoms with Gasteiger partial charge in [-0.3, -0.25) is 20.2 Å². The molecule has 2 aromatic carbocycles. The molecular weight excluding hydrogens is 384 g/mol. The summed E-state index contributed by atoms with van der Waals surface area (Å²) in [7, 11) is 0. The molecule has 0 spiro atoms. The molecule has 1 aromatic heterocycles. The number of thioether (sulfide) groups is 1. The van der Waals surface area contributed by atoms with E-state index in [1.54, 1.807) is 11.2 Å². The average Bonchev–Trinajstić information content (AvgIpc) is 3.23. The first kappa shape index (κ1) is 17.7. The molecule has 0 saturated heterocycles. The summed E-state index contributed by atoms with van der Waals surface area (Å²) in [5.41, 5.74) is 3.23. The van der Waals surface area contributed by atoms with Crippen molar-refractivity contribution >= 4 is 28.5 Å². The smallest absolute Gasteiger partial charge is 0.276 e. The monoisotopic (exact) mass is 402 g/mol. The van der Waals surface area contributed by atoms with E-state index in [4.69, 9.17) is 10.1 Å². The number of fused-ring (bicyclic) bond motifs is 2. The van der Waals surface area contributed by atoms with Crippen LogP contribution in [0.25, 0.3) is 17.0 Å². The quantitative estimate of drug-likeness (QED) is 0.701. The number of H-pyrrole nitrogens is 1. The topological polar surface area (TPSA) is 85.7 Å². The average molecular weight is 402 g/mol. The van der Waals surface area contributed by atoms with Crippen LogP contribution >= 0.6 is 11.8 Å². The molecule has 2 aliphatic rings. The number of nitrogens with zero attached hydrogens (tertiary/aromatic N) is 4. The second-order valence-corrected chi connectivity index (χ2v) is 7.82. The van der Waals surface area contributed by atoms with Crippen LogP contribution in [0.15, 0.2) is 70.9 Å². The zero-order chi connectivity index (χ0) is 19.8. The Labute approximate surface area is 171 Å². The highest BCUT2D eigenvalue weighted by molar-refractivity contribution is 8.13. The van der Waals surface area contributed by atoms with Gasteiger partial charge in [-0.15, -0.1) is 5.10 Å². The number of nitrogens with one attached hydrogen (secondary N) is 2. The summed E-state index contributed by atoms with van der Waals surface area (Å²) in [5.74, 6) is 0.634. The van der Waals surface area contributed by atoms with Crippen molar-refractivity contribution in [2.24, 2.45) is 10.1 Å². The first-order chi connectivity index (χ1) is 14.3. The van der Waals surface area contributed by atoms with E-state index in [0.29, 0.717) is 10.9 Å². The highest BCUT2D eigenvalue weighted by Crippen LogP contribution is 2.35. The van der Waals surface area contributed by atoms with Gasteiger partial charge in [0.15, 0.2) is 11.3 Å². The van der Waals surface area contributed by atoms with Gasteiger partial charge >= 0.3 is 0 Å². The SMILES string of the molecule is CCSC1=NN2C(=c3ccccc3=NC2c2cn[nH]c2-c2ccccc2)C(=O)N1. The van der Waals surface area contributed by atoms with Gasteiger partial charge in [-0.25, -0.2) is 5.01 Å². The Morgan fingerprint density at radius 1 is 1.10 bits per heavy atom. The summed E-state index contributed by atoms with van der Waals surface area (Å²) in [6.45, 7) is 2.02. The second kappa shape index (κ2) is 7.21. The Hall–Kier alpha value is -3.39. The van der Waals surface area contributed by atoms with Gasteiger partial charge in [0.1, 0.15) is 5.70 Å². The standard InChI is InChI=1S/C21H18N6OS/c1-2-29-21-24-20(28)18-14-10-6-7-11-16(14)23-19(27(18)26-21)15-12-22-25-17(15)13-8-4-3-5-9-13/h3-12,19H,2H2,1H3,(H,22,25)(H,24,26,28). The molecule has 0 aliphatic carbocycles. The van der Waals surface area contributed by atoms with Gasteiger partial charge in [0.25, 0.3) is 5.91 Å². The highest BCUT2D eigenvalue weighted by Gasteiger charge is 2.35. The third-order valence-electron chi connectivity index (χ3n) is 4.81. The fourth-order valence-electron chi connectivity index (χ4n) is 3.56. The number of amides is 1. The first-order valence-corrected chi connectivity index (χ1v) is 10.3. The number of amidine groups is 1. The first-order valence-electron chi connectivity index (χ1n) is 9.34. The van der Waals surface area contributed by atoms with Crippen molar-refractivity contribution in [2.45, 2.75) is 13.1 Å². The molecule has 5 rings (SSSR count). The predicted octanol–water partition coefficient (Wildman–Crippen LogP) is 1.97. The molecule has 0 fully saturated rings. The normalized spacial score (nSPS) is 17.8. The van der Waals surface area contributed by atoms with Crippen LogP contribution in [-0.2, 0) is 4.79 Å². The van der Waals surface area contributed by atoms with Crippen LogP contribution in [0.3, 0.4) is 0 Å². The maximum absolute atomic E-state index is 13.0. The van der Waals surface area contributed by atoms with Crippen LogP contribution in [-0.4, -0.2) is 32.0 Å². The van der Waals surface area contributed by atoms with Crippen LogP contribution in [0.2, 0.25) is 0 Å². The number of hydrogen-bond acceptors (Lipinski definition) is 6. The number of para-hydroxylation sites is 1. The summed E-state index contributed by atoms with van der Waals surface area (Å²) in [6.07, 6.45) is 1.27. The highest BCUT2D eigenvalue weighted by atomic mass is 32.2. The summed E-state index contributed by atoms with van der Waals surface area (Å²) < 4.78 is 0. The van der Waals surface area contributed by atoms with Crippen molar-refractivity contribution in [1.29, 1.82) is 0 Å². The van der Waals surface area contributed by atoms with E-state index in [1.807, 2.05) is 61.5 Å². The summed E-state index contributed by atoms with van der Waals surface area (Å²) >= 11 is 1.49. The van der Waals surface area contributed by atoms with Gasteiger partial charge < -0.3 is 0 Å². The molecule has 1 amide bonds. The Kier molecular flexibility index (Phi) is 4.40. The van der Waals surface area contributed by atoms with Crippen molar-refractivity contribution in [3.63, 3.8) is 0 Å². The summed E-state index contributed by atoms with van der Waals surface area (Å²) in [5, 5.41) is 18.8. The van der Waals surface area contributed by atoms with Crippen molar-refractivity contribution in [1.82, 2.24) is 20.5 Å². The van der Waals surface area contributed by atoms with Crippen LogP contribution in [0, 0.1) is 0 Å². The van der Waals surface area contributed by atoms with E-state index in [9.17, 15) is 4.79 Å². The van der Waals surface area contributed by atoms with Crippen LogP contribution in [0.1, 0.15) is 18.7 Å². The number of rotatable bonds is 3. The van der Waals surface area contributed by atoms with E-state index < -0.39 is 6.17 Å². The number of carbonyl (C=O) groups is 1. The Morgan fingerprint density at radius 3 is 2.72 bits per heavy atom. The van der Waals surface area contributed by atoms with Crippen molar-refractivity contribution in [2.75, 3.05) is 5.75 Å². The zero-order valence-electron chi connectivity index (χ0n) is 15.7. The lowest BCUT2D eigenvalue weighted by Gasteiger charge is -2.33. The molecule has 2 aliphatic heterocycles. The third-order valence-corrected chi connectivity index (χ3v) is 5.55. The van der Waals surface area contributed by atoms with E-state index in [2.05, 4.69) is 15.5 Å². The molecule has 1 unspecified atom stereocenters. The Balaban J connectivity index is 1.73. The lowest BCUT2D eigenvalue weighted by atomic mass is 10.0. The predicted molar refractivity (Wildman–Crippen MR) is 113 cm³/mol.